The van der Waals surface area contributed by atoms with E-state index in [9.17, 15) is 0 Å². The maximum atomic E-state index is 5.24. The second-order valence-corrected chi connectivity index (χ2v) is 31.6. The molecule has 9 aromatic heterocycles. The van der Waals surface area contributed by atoms with Crippen molar-refractivity contribution in [3.8, 4) is 118 Å². The predicted octanol–water partition coefficient (Wildman–Crippen LogP) is 29.2. The van der Waals surface area contributed by atoms with E-state index in [1.54, 1.807) is 0 Å². The van der Waals surface area contributed by atoms with Crippen molar-refractivity contribution in [2.75, 3.05) is 0 Å². The van der Waals surface area contributed by atoms with Crippen LogP contribution in [-0.2, 0) is 0 Å². The molecule has 25 aromatic rings. The fraction of sp³-hybridized carbons (Fsp3) is 0. The molecule has 11 nitrogen and oxygen atoms in total. The molecule has 0 fully saturated rings. The van der Waals surface area contributed by atoms with Crippen LogP contribution in [0, 0.1) is 0 Å². The quantitative estimate of drug-likeness (QED) is 0.0910. The summed E-state index contributed by atoms with van der Waals surface area (Å²) in [7, 11) is 0. The first-order valence-corrected chi connectivity index (χ1v) is 42.6. The van der Waals surface area contributed by atoms with Gasteiger partial charge in [0, 0.05) is 110 Å². The number of hydrogen-bond acceptors (Lipinski definition) is 10. The van der Waals surface area contributed by atoms with Crippen molar-refractivity contribution >= 4 is 120 Å². The summed E-state index contributed by atoms with van der Waals surface area (Å²) >= 11 is 0. The Morgan fingerprint density at radius 1 is 0.157 bits per heavy atom. The fourth-order valence-corrected chi connectivity index (χ4v) is 17.8. The first-order valence-electron chi connectivity index (χ1n) is 42.6. The van der Waals surface area contributed by atoms with Crippen LogP contribution in [0.4, 0.5) is 0 Å². The van der Waals surface area contributed by atoms with Crippen LogP contribution in [0.3, 0.4) is 0 Å². The smallest absolute Gasteiger partial charge is 0.160 e. The highest BCUT2D eigenvalue weighted by molar-refractivity contribution is 6.19. The first-order chi connectivity index (χ1) is 62.9. The SMILES string of the molecule is c1ccc(-c2c3ccccc3nc3c2ccc2ccc(-c4ccc(-c5ccc6ccccc6n5)cc4)nc23)cc1.c1ccc(-c2c3ccccc3nc3c2ccc2ccc(-c4ccc(-n5c(-c6ccccc6)nc6ccccc65)cc4)nc23)cc1.c1ccc(-c2cc(-c3ccc4ccc5c(-c6ccccc6)c6ccccc6nc5c4n3)nc(-c3ccccc3)n2)cc1. The monoisotopic (exact) mass is 1620 g/mol. The molecule has 25 rings (SSSR count). The minimum atomic E-state index is 0.669. The van der Waals surface area contributed by atoms with Crippen molar-refractivity contribution in [1.29, 1.82) is 0 Å². The fourth-order valence-electron chi connectivity index (χ4n) is 17.8. The third kappa shape index (κ3) is 14.1. The highest BCUT2D eigenvalue weighted by Crippen LogP contribution is 2.43. The van der Waals surface area contributed by atoms with Gasteiger partial charge in [-0.2, -0.15) is 0 Å². The lowest BCUT2D eigenvalue weighted by molar-refractivity contribution is 1.10. The minimum Gasteiger partial charge on any atom is -0.292 e. The van der Waals surface area contributed by atoms with E-state index in [1.165, 1.54) is 27.8 Å². The molecule has 0 aliphatic heterocycles. The van der Waals surface area contributed by atoms with E-state index in [0.717, 1.165) is 205 Å². The van der Waals surface area contributed by atoms with Gasteiger partial charge in [0.1, 0.15) is 5.82 Å². The number of rotatable bonds is 11. The zero-order chi connectivity index (χ0) is 84.1. The number of pyridine rings is 7. The molecule has 0 unspecified atom stereocenters. The third-order valence-corrected chi connectivity index (χ3v) is 23.9. The van der Waals surface area contributed by atoms with Crippen LogP contribution in [0.25, 0.3) is 238 Å². The second-order valence-electron chi connectivity index (χ2n) is 31.6. The molecule has 0 atom stereocenters. The van der Waals surface area contributed by atoms with Crippen LogP contribution in [-0.4, -0.2) is 54.4 Å². The van der Waals surface area contributed by atoms with Gasteiger partial charge in [0.15, 0.2) is 5.82 Å². The number of nitrogens with zero attached hydrogens (tertiary/aromatic N) is 11. The lowest BCUT2D eigenvalue weighted by atomic mass is 9.95. The molecule has 0 spiro atoms. The van der Waals surface area contributed by atoms with Crippen molar-refractivity contribution in [2.45, 2.75) is 0 Å². The molecule has 0 aliphatic carbocycles. The Bertz CT molecular complexity index is 8480. The molecule has 0 saturated heterocycles. The number of hydrogen-bond donors (Lipinski definition) is 0. The summed E-state index contributed by atoms with van der Waals surface area (Å²) in [6.45, 7) is 0. The Balaban J connectivity index is 0.000000109. The van der Waals surface area contributed by atoms with Crippen LogP contribution in [0.2, 0.25) is 0 Å². The van der Waals surface area contributed by atoms with Crippen LogP contribution in [0.15, 0.2) is 443 Å². The molecule has 0 saturated carbocycles. The average Bonchev–Trinajstić information content (AvgIpc) is 1.46. The summed E-state index contributed by atoms with van der Waals surface area (Å²) < 4.78 is 2.23. The van der Waals surface area contributed by atoms with E-state index in [-0.39, 0.29) is 0 Å². The average molecular weight is 1620 g/mol. The molecule has 9 heterocycles. The Morgan fingerprint density at radius 2 is 0.480 bits per heavy atom. The molecule has 0 amide bonds. The number of para-hydroxylation sites is 6. The molecule has 0 radical (unpaired) electrons. The highest BCUT2D eigenvalue weighted by atomic mass is 15.1. The van der Waals surface area contributed by atoms with Crippen LogP contribution < -0.4 is 0 Å². The Morgan fingerprint density at radius 3 is 0.937 bits per heavy atom. The van der Waals surface area contributed by atoms with E-state index < -0.39 is 0 Å². The lowest BCUT2D eigenvalue weighted by Gasteiger charge is -2.13. The van der Waals surface area contributed by atoms with Gasteiger partial charge >= 0.3 is 0 Å². The van der Waals surface area contributed by atoms with Crippen molar-refractivity contribution < 1.29 is 0 Å². The minimum absolute atomic E-state index is 0.669. The van der Waals surface area contributed by atoms with Crippen molar-refractivity contribution in [1.82, 2.24) is 54.4 Å². The van der Waals surface area contributed by atoms with Gasteiger partial charge in [0.05, 0.1) is 100 Å². The van der Waals surface area contributed by atoms with Gasteiger partial charge in [-0.05, 0) is 95.6 Å². The van der Waals surface area contributed by atoms with E-state index in [0.29, 0.717) is 5.82 Å². The standard InChI is InChI=1S/C41H26N4.C38H24N4.C37H23N3/c1-3-11-28(12-4-1)38-32-15-7-8-16-35(32)43-40-33(38)25-21-29-22-26-34(42-39(29)40)27-19-23-31(24-20-27)45-37-18-10-9-17-36(37)44-41(45)30-13-5-2-6-14-30;1-4-12-25(13-5-1)33-24-34(42-38(41-33)28-16-8-3-9-17-28)32-23-21-27-20-22-30-35(26-14-6-2-7-15-26)29-18-10-11-19-31(29)39-37(30)36(27)40-32;1-2-9-27(10-3-1)35-29-11-5-7-13-34(29)40-37-30(35)21-18-28-20-23-33(39-36(28)37)26-16-14-25(15-17-26)32-22-19-24-8-4-6-12-31(24)38-32/h1-26H;1-24H;1-23H. The van der Waals surface area contributed by atoms with Crippen LogP contribution in [0.1, 0.15) is 0 Å². The second kappa shape index (κ2) is 32.3. The van der Waals surface area contributed by atoms with E-state index in [1.807, 2.05) is 109 Å². The predicted molar refractivity (Wildman–Crippen MR) is 524 cm³/mol. The van der Waals surface area contributed by atoms with E-state index in [2.05, 4.69) is 338 Å². The summed E-state index contributed by atoms with van der Waals surface area (Å²) in [4.78, 5) is 50.9. The normalized spacial score (nSPS) is 11.5. The van der Waals surface area contributed by atoms with Gasteiger partial charge in [0.25, 0.3) is 0 Å². The maximum absolute atomic E-state index is 5.24. The summed E-state index contributed by atoms with van der Waals surface area (Å²) in [6.07, 6.45) is 0. The topological polar surface area (TPSA) is 134 Å². The van der Waals surface area contributed by atoms with E-state index in [4.69, 9.17) is 49.8 Å². The number of fused-ring (bicyclic) bond motifs is 14. The Labute approximate surface area is 730 Å². The summed E-state index contributed by atoms with van der Waals surface area (Å²) in [5.74, 6) is 1.59. The van der Waals surface area contributed by atoms with Gasteiger partial charge in [-0.1, -0.05) is 364 Å². The molecule has 0 aliphatic rings. The van der Waals surface area contributed by atoms with Crippen LogP contribution >= 0.6 is 0 Å². The number of aromatic nitrogens is 11. The van der Waals surface area contributed by atoms with Gasteiger partial charge in [-0.25, -0.2) is 49.8 Å². The van der Waals surface area contributed by atoms with Crippen LogP contribution in [0.5, 0.6) is 0 Å². The molecule has 11 heteroatoms. The molecule has 0 bridgehead atoms. The molecule has 16 aromatic carbocycles. The van der Waals surface area contributed by atoms with E-state index >= 15 is 0 Å². The third-order valence-electron chi connectivity index (χ3n) is 23.9. The largest absolute Gasteiger partial charge is 0.292 e. The van der Waals surface area contributed by atoms with Crippen molar-refractivity contribution in [2.24, 2.45) is 0 Å². The Hall–Kier alpha value is -17.3. The summed E-state index contributed by atoms with van der Waals surface area (Å²) in [5, 5.41) is 11.0. The van der Waals surface area contributed by atoms with Gasteiger partial charge in [-0.3, -0.25) is 4.57 Å². The first kappa shape index (κ1) is 74.7. The van der Waals surface area contributed by atoms with Gasteiger partial charge < -0.3 is 0 Å². The maximum Gasteiger partial charge on any atom is 0.160 e. The molecule has 127 heavy (non-hydrogen) atoms. The molecular weight excluding hydrogens is 1550 g/mol. The lowest BCUT2D eigenvalue weighted by Crippen LogP contribution is -1.98. The molecule has 592 valence electrons. The van der Waals surface area contributed by atoms with Crippen molar-refractivity contribution in [3.63, 3.8) is 0 Å². The number of benzene rings is 16. The van der Waals surface area contributed by atoms with Gasteiger partial charge in [0.2, 0.25) is 0 Å². The summed E-state index contributed by atoms with van der Waals surface area (Å²) in [5.41, 5.74) is 30.9. The Kier molecular flexibility index (Phi) is 19.0. The van der Waals surface area contributed by atoms with Crippen molar-refractivity contribution in [3.05, 3.63) is 443 Å². The summed E-state index contributed by atoms with van der Waals surface area (Å²) in [6, 6.07) is 153. The van der Waals surface area contributed by atoms with Gasteiger partial charge in [-0.15, -0.1) is 0 Å². The highest BCUT2D eigenvalue weighted by Gasteiger charge is 2.22. The molecular formula is C116H73N11. The zero-order valence-corrected chi connectivity index (χ0v) is 68.6. The number of imidazole rings is 1. The molecule has 0 N–H and O–H groups in total. The zero-order valence-electron chi connectivity index (χ0n) is 68.6.